The second kappa shape index (κ2) is 5.14. The molecular formula is C15H13N3O2S. The average molecular weight is 299 g/mol. The average Bonchev–Trinajstić information content (AvgIpc) is 2.84. The zero-order valence-corrected chi connectivity index (χ0v) is 12.2. The van der Waals surface area contributed by atoms with Crippen LogP contribution in [0, 0.1) is 6.92 Å². The van der Waals surface area contributed by atoms with Crippen LogP contribution < -0.4 is 11.3 Å². The van der Waals surface area contributed by atoms with Crippen LogP contribution in [-0.2, 0) is 6.54 Å². The molecule has 3 aromatic rings. The molecule has 0 saturated carbocycles. The molecule has 2 heterocycles. The Morgan fingerprint density at radius 1 is 1.43 bits per heavy atom. The Bertz CT molecular complexity index is 895. The molecule has 6 heteroatoms. The largest absolute Gasteiger partial charge is 0.366 e. The Labute approximate surface area is 124 Å². The molecule has 106 valence electrons. The number of carbonyl (C=O) groups is 1. The molecule has 0 bridgehead atoms. The molecule has 0 spiro atoms. The first kappa shape index (κ1) is 13.5. The minimum Gasteiger partial charge on any atom is -0.366 e. The zero-order chi connectivity index (χ0) is 15.0. The first-order valence-corrected chi connectivity index (χ1v) is 7.26. The van der Waals surface area contributed by atoms with Crippen LogP contribution in [-0.4, -0.2) is 15.5 Å². The van der Waals surface area contributed by atoms with E-state index in [2.05, 4.69) is 4.98 Å². The van der Waals surface area contributed by atoms with Gasteiger partial charge in [0.05, 0.1) is 18.4 Å². The second-order valence-corrected chi connectivity index (χ2v) is 5.72. The summed E-state index contributed by atoms with van der Waals surface area (Å²) in [5.74, 6) is -0.480. The van der Waals surface area contributed by atoms with Crippen LogP contribution >= 0.6 is 11.3 Å². The number of amides is 1. The third-order valence-corrected chi connectivity index (χ3v) is 4.36. The first-order chi connectivity index (χ1) is 10.1. The molecule has 0 aliphatic heterocycles. The number of aryl methyl sites for hydroxylation is 1. The number of carbonyl (C=O) groups excluding carboxylic acids is 1. The quantitative estimate of drug-likeness (QED) is 0.802. The lowest BCUT2D eigenvalue weighted by atomic mass is 10.1. The Morgan fingerprint density at radius 2 is 2.24 bits per heavy atom. The minimum atomic E-state index is -0.480. The lowest BCUT2D eigenvalue weighted by Gasteiger charge is -2.06. The van der Waals surface area contributed by atoms with Crippen molar-refractivity contribution in [1.82, 2.24) is 9.55 Å². The van der Waals surface area contributed by atoms with Crippen LogP contribution in [0.25, 0.3) is 10.2 Å². The van der Waals surface area contributed by atoms with Crippen LogP contribution in [0.3, 0.4) is 0 Å². The minimum absolute atomic E-state index is 0.0671. The second-order valence-electron chi connectivity index (χ2n) is 4.84. The Balaban J connectivity index is 2.02. The van der Waals surface area contributed by atoms with Gasteiger partial charge in [-0.25, -0.2) is 4.98 Å². The van der Waals surface area contributed by atoms with Crippen molar-refractivity contribution in [3.63, 3.8) is 0 Å². The van der Waals surface area contributed by atoms with Gasteiger partial charge in [0.1, 0.15) is 4.70 Å². The van der Waals surface area contributed by atoms with Crippen LogP contribution in [0.5, 0.6) is 0 Å². The van der Waals surface area contributed by atoms with Crippen molar-refractivity contribution in [2.24, 2.45) is 5.73 Å². The smallest absolute Gasteiger partial charge is 0.271 e. The predicted molar refractivity (Wildman–Crippen MR) is 82.7 cm³/mol. The molecule has 5 nitrogen and oxygen atoms in total. The molecule has 0 fully saturated rings. The summed E-state index contributed by atoms with van der Waals surface area (Å²) in [6.07, 6.45) is 1.54. The molecule has 0 radical (unpaired) electrons. The molecule has 0 aliphatic carbocycles. The predicted octanol–water partition coefficient (Wildman–Crippen LogP) is 1.91. The van der Waals surface area contributed by atoms with Gasteiger partial charge in [-0.15, -0.1) is 11.3 Å². The van der Waals surface area contributed by atoms with Crippen molar-refractivity contribution in [2.75, 3.05) is 0 Å². The maximum Gasteiger partial charge on any atom is 0.271 e. The summed E-state index contributed by atoms with van der Waals surface area (Å²) in [5.41, 5.74) is 8.23. The van der Waals surface area contributed by atoms with E-state index in [1.165, 1.54) is 11.3 Å². The summed E-state index contributed by atoms with van der Waals surface area (Å²) < 4.78 is 2.19. The maximum atomic E-state index is 12.4. The van der Waals surface area contributed by atoms with E-state index >= 15 is 0 Å². The highest BCUT2D eigenvalue weighted by Gasteiger charge is 2.09. The standard InChI is InChI=1S/C15H13N3O2S/c1-9-7-21-13-12(9)17-8-18(15(13)20)6-10-3-2-4-11(5-10)14(16)19/h2-5,7-8H,6H2,1H3,(H2,16,19). The van der Waals surface area contributed by atoms with Crippen molar-refractivity contribution in [2.45, 2.75) is 13.5 Å². The number of hydrogen-bond donors (Lipinski definition) is 1. The van der Waals surface area contributed by atoms with Gasteiger partial charge in [-0.3, -0.25) is 14.2 Å². The SMILES string of the molecule is Cc1csc2c(=O)n(Cc3cccc(C(N)=O)c3)cnc12. The number of primary amides is 1. The monoisotopic (exact) mass is 299 g/mol. The molecule has 0 unspecified atom stereocenters. The van der Waals surface area contributed by atoms with Crippen LogP contribution in [0.4, 0.5) is 0 Å². The van der Waals surface area contributed by atoms with Crippen LogP contribution in [0.15, 0.2) is 40.8 Å². The topological polar surface area (TPSA) is 78.0 Å². The Kier molecular flexibility index (Phi) is 3.31. The maximum absolute atomic E-state index is 12.4. The lowest BCUT2D eigenvalue weighted by Crippen LogP contribution is -2.20. The highest BCUT2D eigenvalue weighted by atomic mass is 32.1. The number of benzene rings is 1. The summed E-state index contributed by atoms with van der Waals surface area (Å²) in [7, 11) is 0. The third-order valence-electron chi connectivity index (χ3n) is 3.29. The molecule has 0 saturated heterocycles. The van der Waals surface area contributed by atoms with E-state index in [-0.39, 0.29) is 5.56 Å². The number of aromatic nitrogens is 2. The van der Waals surface area contributed by atoms with Gasteiger partial charge in [0.15, 0.2) is 0 Å². The number of rotatable bonds is 3. The van der Waals surface area contributed by atoms with Gasteiger partial charge in [-0.05, 0) is 35.6 Å². The lowest BCUT2D eigenvalue weighted by molar-refractivity contribution is 0.1000. The van der Waals surface area contributed by atoms with E-state index in [1.807, 2.05) is 18.4 Å². The van der Waals surface area contributed by atoms with E-state index in [9.17, 15) is 9.59 Å². The van der Waals surface area contributed by atoms with Crippen molar-refractivity contribution < 1.29 is 4.79 Å². The molecule has 3 rings (SSSR count). The fourth-order valence-electron chi connectivity index (χ4n) is 2.19. The van der Waals surface area contributed by atoms with E-state index in [1.54, 1.807) is 29.1 Å². The number of fused-ring (bicyclic) bond motifs is 1. The van der Waals surface area contributed by atoms with E-state index in [4.69, 9.17) is 5.73 Å². The summed E-state index contributed by atoms with van der Waals surface area (Å²) in [5, 5.41) is 1.93. The molecule has 0 atom stereocenters. The number of nitrogens with zero attached hydrogens (tertiary/aromatic N) is 2. The highest BCUT2D eigenvalue weighted by molar-refractivity contribution is 7.17. The van der Waals surface area contributed by atoms with E-state index in [0.29, 0.717) is 16.8 Å². The van der Waals surface area contributed by atoms with Gasteiger partial charge < -0.3 is 5.73 Å². The normalized spacial score (nSPS) is 10.9. The summed E-state index contributed by atoms with van der Waals surface area (Å²) >= 11 is 1.40. The van der Waals surface area contributed by atoms with Crippen LogP contribution in [0.1, 0.15) is 21.5 Å². The van der Waals surface area contributed by atoms with Gasteiger partial charge in [-0.1, -0.05) is 12.1 Å². The van der Waals surface area contributed by atoms with Crippen molar-refractivity contribution in [3.05, 3.63) is 63.0 Å². The Morgan fingerprint density at radius 3 is 3.00 bits per heavy atom. The van der Waals surface area contributed by atoms with Crippen molar-refractivity contribution in [3.8, 4) is 0 Å². The van der Waals surface area contributed by atoms with E-state index in [0.717, 1.165) is 16.6 Å². The summed E-state index contributed by atoms with van der Waals surface area (Å²) in [6.45, 7) is 2.30. The molecule has 1 aromatic carbocycles. The molecule has 2 aromatic heterocycles. The fourth-order valence-corrected chi connectivity index (χ4v) is 3.14. The molecule has 1 amide bonds. The third kappa shape index (κ3) is 2.45. The van der Waals surface area contributed by atoms with Gasteiger partial charge >= 0.3 is 0 Å². The number of thiophene rings is 1. The Hall–Kier alpha value is -2.47. The number of hydrogen-bond acceptors (Lipinski definition) is 4. The van der Waals surface area contributed by atoms with Gasteiger partial charge in [0.25, 0.3) is 5.56 Å². The van der Waals surface area contributed by atoms with Crippen molar-refractivity contribution in [1.29, 1.82) is 0 Å². The van der Waals surface area contributed by atoms with Gasteiger partial charge in [0, 0.05) is 5.56 Å². The fraction of sp³-hybridized carbons (Fsp3) is 0.133. The zero-order valence-electron chi connectivity index (χ0n) is 11.4. The molecular weight excluding hydrogens is 286 g/mol. The highest BCUT2D eigenvalue weighted by Crippen LogP contribution is 2.19. The van der Waals surface area contributed by atoms with Gasteiger partial charge in [-0.2, -0.15) is 0 Å². The summed E-state index contributed by atoms with van der Waals surface area (Å²) in [6, 6.07) is 6.95. The molecule has 0 aliphatic rings. The summed E-state index contributed by atoms with van der Waals surface area (Å²) in [4.78, 5) is 27.9. The van der Waals surface area contributed by atoms with Crippen LogP contribution in [0.2, 0.25) is 0 Å². The van der Waals surface area contributed by atoms with E-state index < -0.39 is 5.91 Å². The van der Waals surface area contributed by atoms with Crippen molar-refractivity contribution >= 4 is 27.5 Å². The van der Waals surface area contributed by atoms with Gasteiger partial charge in [0.2, 0.25) is 5.91 Å². The first-order valence-electron chi connectivity index (χ1n) is 6.38. The molecule has 2 N–H and O–H groups in total. The number of nitrogens with two attached hydrogens (primary N) is 1. The molecule has 21 heavy (non-hydrogen) atoms.